The maximum Gasteiger partial charge on any atom is 0.317 e. The number of amides is 2. The molecule has 0 saturated carbocycles. The van der Waals surface area contributed by atoms with Crippen LogP contribution in [0.5, 0.6) is 5.75 Å². The van der Waals surface area contributed by atoms with Crippen LogP contribution in [0.25, 0.3) is 11.1 Å². The van der Waals surface area contributed by atoms with E-state index in [2.05, 4.69) is 5.32 Å². The number of hydrogen-bond donors (Lipinski definition) is 2. The lowest BCUT2D eigenvalue weighted by Gasteiger charge is -2.24. The second-order valence-corrected chi connectivity index (χ2v) is 9.00. The van der Waals surface area contributed by atoms with Gasteiger partial charge in [-0.15, -0.1) is 0 Å². The third kappa shape index (κ3) is 6.90. The van der Waals surface area contributed by atoms with Crippen molar-refractivity contribution >= 4 is 35.2 Å². The molecule has 0 unspecified atom stereocenters. The van der Waals surface area contributed by atoms with Crippen molar-refractivity contribution in [2.45, 2.75) is 33.4 Å². The Labute approximate surface area is 215 Å². The topological polar surface area (TPSA) is 78.9 Å². The Bertz CT molecular complexity index is 1230. The van der Waals surface area contributed by atoms with Gasteiger partial charge >= 0.3 is 12.0 Å². The number of rotatable bonds is 9. The minimum Gasteiger partial charge on any atom is -0.496 e. The Morgan fingerprint density at radius 3 is 2.37 bits per heavy atom. The molecule has 0 aliphatic carbocycles. The van der Waals surface area contributed by atoms with E-state index in [0.29, 0.717) is 41.0 Å². The number of aryl methyl sites for hydroxylation is 1. The molecule has 0 heterocycles. The molecule has 0 spiro atoms. The summed E-state index contributed by atoms with van der Waals surface area (Å²) in [7, 11) is 1.58. The number of ether oxygens (including phenoxy) is 1. The molecule has 0 aromatic heterocycles. The number of halogens is 2. The van der Waals surface area contributed by atoms with Gasteiger partial charge in [0.15, 0.2) is 0 Å². The highest BCUT2D eigenvalue weighted by molar-refractivity contribution is 6.42. The number of carbonyl (C=O) groups is 2. The lowest BCUT2D eigenvalue weighted by atomic mass is 9.94. The highest BCUT2D eigenvalue weighted by atomic mass is 35.5. The van der Waals surface area contributed by atoms with Gasteiger partial charge in [0.1, 0.15) is 5.75 Å². The molecule has 3 rings (SSSR count). The fourth-order valence-electron chi connectivity index (χ4n) is 3.84. The zero-order chi connectivity index (χ0) is 25.5. The van der Waals surface area contributed by atoms with Crippen molar-refractivity contribution in [2.24, 2.45) is 0 Å². The summed E-state index contributed by atoms with van der Waals surface area (Å²) in [6, 6.07) is 16.4. The zero-order valence-corrected chi connectivity index (χ0v) is 21.4. The molecule has 184 valence electrons. The van der Waals surface area contributed by atoms with Gasteiger partial charge in [0, 0.05) is 25.2 Å². The van der Waals surface area contributed by atoms with Gasteiger partial charge in [0.05, 0.1) is 23.6 Å². The van der Waals surface area contributed by atoms with Gasteiger partial charge in [-0.3, -0.25) is 4.79 Å². The first-order chi connectivity index (χ1) is 16.7. The van der Waals surface area contributed by atoms with Gasteiger partial charge in [-0.2, -0.15) is 0 Å². The molecule has 0 radical (unpaired) electrons. The van der Waals surface area contributed by atoms with Crippen molar-refractivity contribution < 1.29 is 19.4 Å². The lowest BCUT2D eigenvalue weighted by Crippen LogP contribution is -2.39. The molecule has 0 saturated heterocycles. The Morgan fingerprint density at radius 1 is 0.971 bits per heavy atom. The Hall–Kier alpha value is -3.22. The minimum atomic E-state index is -0.902. The van der Waals surface area contributed by atoms with Crippen LogP contribution in [0, 0.1) is 6.92 Å². The molecule has 0 bridgehead atoms. The van der Waals surface area contributed by atoms with Gasteiger partial charge in [-0.05, 0) is 60.4 Å². The summed E-state index contributed by atoms with van der Waals surface area (Å²) in [5.41, 5.74) is 5.18. The van der Waals surface area contributed by atoms with Crippen molar-refractivity contribution in [3.8, 4) is 16.9 Å². The number of aliphatic carboxylic acids is 1. The van der Waals surface area contributed by atoms with E-state index in [1.54, 1.807) is 36.3 Å². The molecular formula is C27H28Cl2N2O4. The first-order valence-electron chi connectivity index (χ1n) is 11.2. The maximum absolute atomic E-state index is 13.0. The second-order valence-electron chi connectivity index (χ2n) is 8.19. The number of carbonyl (C=O) groups excluding carboxylic acids is 1. The Kier molecular flexibility index (Phi) is 9.01. The van der Waals surface area contributed by atoms with Crippen LogP contribution >= 0.6 is 23.2 Å². The maximum atomic E-state index is 13.0. The monoisotopic (exact) mass is 514 g/mol. The van der Waals surface area contributed by atoms with Crippen molar-refractivity contribution in [3.05, 3.63) is 86.9 Å². The van der Waals surface area contributed by atoms with Gasteiger partial charge < -0.3 is 20.1 Å². The zero-order valence-electron chi connectivity index (χ0n) is 19.9. The summed E-state index contributed by atoms with van der Waals surface area (Å²) >= 11 is 12.1. The average molecular weight is 515 g/mol. The van der Waals surface area contributed by atoms with Gasteiger partial charge in [-0.25, -0.2) is 4.79 Å². The van der Waals surface area contributed by atoms with Crippen LogP contribution < -0.4 is 10.1 Å². The standard InChI is InChI=1S/C27H28Cl2N2O4/c1-4-31(27(34)30-15-19-6-9-23(28)24(29)13-19)16-20-11-17(2)5-8-21(20)22-12-18(14-26(32)33)7-10-25(22)35-3/h5-13H,4,14-16H2,1-3H3,(H,30,34)(H,32,33). The highest BCUT2D eigenvalue weighted by Crippen LogP contribution is 2.34. The van der Waals surface area contributed by atoms with E-state index in [0.717, 1.165) is 27.8 Å². The molecule has 0 atom stereocenters. The number of benzene rings is 3. The normalized spacial score (nSPS) is 10.7. The summed E-state index contributed by atoms with van der Waals surface area (Å²) in [5, 5.41) is 13.1. The SMILES string of the molecule is CCN(Cc1cc(C)ccc1-c1cc(CC(=O)O)ccc1OC)C(=O)NCc1ccc(Cl)c(Cl)c1. The van der Waals surface area contributed by atoms with Crippen molar-refractivity contribution in [1.29, 1.82) is 0 Å². The molecule has 8 heteroatoms. The quantitative estimate of drug-likeness (QED) is 0.349. The van der Waals surface area contributed by atoms with Crippen molar-refractivity contribution in [3.63, 3.8) is 0 Å². The number of nitrogens with one attached hydrogen (secondary N) is 1. The van der Waals surface area contributed by atoms with Crippen molar-refractivity contribution in [2.75, 3.05) is 13.7 Å². The molecule has 0 aliphatic heterocycles. The van der Waals surface area contributed by atoms with Crippen LogP contribution in [0.2, 0.25) is 10.0 Å². The molecule has 0 fully saturated rings. The summed E-state index contributed by atoms with van der Waals surface area (Å²) < 4.78 is 5.57. The Morgan fingerprint density at radius 2 is 1.71 bits per heavy atom. The number of carboxylic acids is 1. The summed E-state index contributed by atoms with van der Waals surface area (Å²) in [4.78, 5) is 26.0. The molecule has 2 N–H and O–H groups in total. The van der Waals surface area contributed by atoms with Crippen LogP contribution in [-0.2, 0) is 24.3 Å². The number of urea groups is 1. The Balaban J connectivity index is 1.87. The van der Waals surface area contributed by atoms with Crippen LogP contribution in [-0.4, -0.2) is 35.7 Å². The van der Waals surface area contributed by atoms with E-state index in [9.17, 15) is 14.7 Å². The van der Waals surface area contributed by atoms with E-state index >= 15 is 0 Å². The van der Waals surface area contributed by atoms with Crippen LogP contribution in [0.3, 0.4) is 0 Å². The highest BCUT2D eigenvalue weighted by Gasteiger charge is 2.18. The predicted octanol–water partition coefficient (Wildman–Crippen LogP) is 6.34. The summed E-state index contributed by atoms with van der Waals surface area (Å²) in [5.74, 6) is -0.266. The second kappa shape index (κ2) is 12.0. The number of carboxylic acid groups (broad SMARTS) is 1. The summed E-state index contributed by atoms with van der Waals surface area (Å²) in [6.07, 6.45) is -0.0869. The summed E-state index contributed by atoms with van der Waals surface area (Å²) in [6.45, 7) is 5.09. The van der Waals surface area contributed by atoms with Gasteiger partial charge in [0.25, 0.3) is 0 Å². The third-order valence-electron chi connectivity index (χ3n) is 5.63. The minimum absolute atomic E-state index is 0.0869. The lowest BCUT2D eigenvalue weighted by molar-refractivity contribution is -0.136. The number of methoxy groups -OCH3 is 1. The molecule has 2 amide bonds. The third-order valence-corrected chi connectivity index (χ3v) is 6.37. The fourth-order valence-corrected chi connectivity index (χ4v) is 4.16. The first-order valence-corrected chi connectivity index (χ1v) is 11.9. The van der Waals surface area contributed by atoms with Crippen LogP contribution in [0.15, 0.2) is 54.6 Å². The van der Waals surface area contributed by atoms with E-state index in [1.807, 2.05) is 44.2 Å². The van der Waals surface area contributed by atoms with E-state index < -0.39 is 5.97 Å². The largest absolute Gasteiger partial charge is 0.496 e. The number of hydrogen-bond acceptors (Lipinski definition) is 3. The molecule has 3 aromatic carbocycles. The molecule has 0 aliphatic rings. The smallest absolute Gasteiger partial charge is 0.317 e. The average Bonchev–Trinajstić information content (AvgIpc) is 2.82. The molecule has 3 aromatic rings. The van der Waals surface area contributed by atoms with Crippen LogP contribution in [0.4, 0.5) is 4.79 Å². The van der Waals surface area contributed by atoms with E-state index in [4.69, 9.17) is 27.9 Å². The van der Waals surface area contributed by atoms with Gasteiger partial charge in [-0.1, -0.05) is 59.1 Å². The van der Waals surface area contributed by atoms with Crippen molar-refractivity contribution in [1.82, 2.24) is 10.2 Å². The van der Waals surface area contributed by atoms with E-state index in [1.165, 1.54) is 0 Å². The van der Waals surface area contributed by atoms with Crippen LogP contribution in [0.1, 0.15) is 29.2 Å². The number of nitrogens with zero attached hydrogens (tertiary/aromatic N) is 1. The molecule has 35 heavy (non-hydrogen) atoms. The fraction of sp³-hybridized carbons (Fsp3) is 0.259. The molecule has 6 nitrogen and oxygen atoms in total. The predicted molar refractivity (Wildman–Crippen MR) is 139 cm³/mol. The first kappa shape index (κ1) is 26.4. The molecular weight excluding hydrogens is 487 g/mol. The van der Waals surface area contributed by atoms with E-state index in [-0.39, 0.29) is 12.5 Å². The van der Waals surface area contributed by atoms with Gasteiger partial charge in [0.2, 0.25) is 0 Å².